The van der Waals surface area contributed by atoms with Gasteiger partial charge in [-0.2, -0.15) is 5.10 Å². The topological polar surface area (TPSA) is 49.9 Å². The first-order valence-corrected chi connectivity index (χ1v) is 9.23. The molecule has 3 aromatic rings. The summed E-state index contributed by atoms with van der Waals surface area (Å²) >= 11 is 7.52. The largest absolute Gasteiger partial charge is 0.508 e. The number of hydrogen-bond donors (Lipinski definition) is 1. The molecule has 0 atom stereocenters. The minimum absolute atomic E-state index is 0.226. The van der Waals surface area contributed by atoms with Gasteiger partial charge in [-0.25, -0.2) is 4.68 Å². The Hall–Kier alpha value is -2.63. The number of hydrogen-bond acceptors (Lipinski definition) is 4. The van der Waals surface area contributed by atoms with Crippen LogP contribution in [0.1, 0.15) is 12.5 Å². The Morgan fingerprint density at radius 2 is 1.88 bits per heavy atom. The van der Waals surface area contributed by atoms with Crippen LogP contribution in [-0.2, 0) is 0 Å². The molecule has 0 radical (unpaired) electrons. The van der Waals surface area contributed by atoms with Crippen LogP contribution in [0.15, 0.2) is 76.2 Å². The first kappa shape index (κ1) is 18.2. The summed E-state index contributed by atoms with van der Waals surface area (Å²) in [6, 6.07) is 14.5. The van der Waals surface area contributed by atoms with Gasteiger partial charge in [-0.3, -0.25) is 4.99 Å². The summed E-state index contributed by atoms with van der Waals surface area (Å²) in [6.07, 6.45) is 1.74. The zero-order chi connectivity index (χ0) is 18.5. The molecule has 0 aliphatic carbocycles. The summed E-state index contributed by atoms with van der Waals surface area (Å²) in [4.78, 5) is 5.38. The maximum Gasteiger partial charge on any atom is 0.206 e. The van der Waals surface area contributed by atoms with Gasteiger partial charge in [0, 0.05) is 16.0 Å². The van der Waals surface area contributed by atoms with E-state index in [0.29, 0.717) is 11.6 Å². The highest BCUT2D eigenvalue weighted by Crippen LogP contribution is 2.22. The van der Waals surface area contributed by atoms with Crippen LogP contribution < -0.4 is 4.80 Å². The molecular formula is C20H18ClN3OS. The Labute approximate surface area is 161 Å². The summed E-state index contributed by atoms with van der Waals surface area (Å²) in [5.41, 5.74) is 3.81. The molecule has 0 unspecified atom stereocenters. The van der Waals surface area contributed by atoms with Crippen molar-refractivity contribution < 1.29 is 5.11 Å². The number of thiazole rings is 1. The second-order valence-electron chi connectivity index (χ2n) is 5.83. The van der Waals surface area contributed by atoms with Crippen LogP contribution in [0.5, 0.6) is 5.75 Å². The second-order valence-corrected chi connectivity index (χ2v) is 7.10. The molecule has 4 nitrogen and oxygen atoms in total. The first-order valence-electron chi connectivity index (χ1n) is 7.97. The van der Waals surface area contributed by atoms with Gasteiger partial charge < -0.3 is 5.11 Å². The number of benzene rings is 2. The van der Waals surface area contributed by atoms with E-state index < -0.39 is 0 Å². The van der Waals surface area contributed by atoms with Gasteiger partial charge in [-0.1, -0.05) is 35.9 Å². The van der Waals surface area contributed by atoms with E-state index in [2.05, 4.69) is 16.7 Å². The van der Waals surface area contributed by atoms with Crippen LogP contribution in [0.25, 0.3) is 11.3 Å². The minimum Gasteiger partial charge on any atom is -0.508 e. The van der Waals surface area contributed by atoms with E-state index in [4.69, 9.17) is 11.6 Å². The molecule has 0 spiro atoms. The van der Waals surface area contributed by atoms with Crippen molar-refractivity contribution in [2.45, 2.75) is 6.92 Å². The van der Waals surface area contributed by atoms with Gasteiger partial charge in [0.2, 0.25) is 4.80 Å². The van der Waals surface area contributed by atoms with Crippen molar-refractivity contribution in [2.75, 3.05) is 6.54 Å². The Bertz CT molecular complexity index is 999. The minimum atomic E-state index is 0.226. The lowest BCUT2D eigenvalue weighted by Gasteiger charge is -2.04. The van der Waals surface area contributed by atoms with Gasteiger partial charge in [0.15, 0.2) is 0 Å². The molecule has 132 valence electrons. The molecule has 0 aliphatic rings. The van der Waals surface area contributed by atoms with Crippen LogP contribution in [0.4, 0.5) is 0 Å². The third-order valence-corrected chi connectivity index (χ3v) is 4.63. The molecule has 6 heteroatoms. The summed E-state index contributed by atoms with van der Waals surface area (Å²) in [6.45, 7) is 6.40. The highest BCUT2D eigenvalue weighted by Gasteiger charge is 2.07. The zero-order valence-corrected chi connectivity index (χ0v) is 15.8. The van der Waals surface area contributed by atoms with E-state index in [9.17, 15) is 5.11 Å². The van der Waals surface area contributed by atoms with Crippen molar-refractivity contribution in [1.82, 2.24) is 4.68 Å². The summed E-state index contributed by atoms with van der Waals surface area (Å²) in [7, 11) is 0. The number of phenols is 1. The number of phenolic OH excluding ortho intramolecular Hbond substituents is 1. The van der Waals surface area contributed by atoms with Crippen LogP contribution in [0.2, 0.25) is 5.02 Å². The average molecular weight is 384 g/mol. The molecule has 1 N–H and O–H groups in total. The van der Waals surface area contributed by atoms with Crippen LogP contribution in [-0.4, -0.2) is 22.5 Å². The van der Waals surface area contributed by atoms with Gasteiger partial charge in [0.1, 0.15) is 5.75 Å². The van der Waals surface area contributed by atoms with Crippen molar-refractivity contribution >= 4 is 29.2 Å². The lowest BCUT2D eigenvalue weighted by molar-refractivity contribution is 0.475. The van der Waals surface area contributed by atoms with Gasteiger partial charge in [-0.05, 0) is 48.9 Å². The third-order valence-electron chi connectivity index (χ3n) is 3.52. The molecule has 0 fully saturated rings. The fraction of sp³-hybridized carbons (Fsp3) is 0.100. The number of aromatic hydroxyl groups is 1. The van der Waals surface area contributed by atoms with E-state index in [1.165, 1.54) is 11.3 Å². The second kappa shape index (κ2) is 8.17. The lowest BCUT2D eigenvalue weighted by Crippen LogP contribution is -2.13. The highest BCUT2D eigenvalue weighted by molar-refractivity contribution is 7.07. The predicted molar refractivity (Wildman–Crippen MR) is 109 cm³/mol. The van der Waals surface area contributed by atoms with Gasteiger partial charge in [0.25, 0.3) is 0 Å². The van der Waals surface area contributed by atoms with Crippen molar-refractivity contribution in [2.24, 2.45) is 10.1 Å². The smallest absolute Gasteiger partial charge is 0.206 e. The quantitative estimate of drug-likeness (QED) is 0.492. The average Bonchev–Trinajstić information content (AvgIpc) is 3.03. The van der Waals surface area contributed by atoms with Crippen molar-refractivity contribution in [3.8, 4) is 17.0 Å². The SMILES string of the molecule is C=C(C)CN=c1scc(-c2ccc(Cl)cc2)n1N=Cc1ccc(O)cc1. The highest BCUT2D eigenvalue weighted by atomic mass is 35.5. The molecule has 26 heavy (non-hydrogen) atoms. The van der Waals surface area contributed by atoms with Crippen LogP contribution in [0, 0.1) is 0 Å². The Kier molecular flexibility index (Phi) is 5.71. The van der Waals surface area contributed by atoms with E-state index in [-0.39, 0.29) is 5.75 Å². The van der Waals surface area contributed by atoms with Gasteiger partial charge >= 0.3 is 0 Å². The number of aromatic nitrogens is 1. The fourth-order valence-electron chi connectivity index (χ4n) is 2.23. The normalized spacial score (nSPS) is 12.0. The Morgan fingerprint density at radius 3 is 2.54 bits per heavy atom. The van der Waals surface area contributed by atoms with Crippen molar-refractivity contribution in [1.29, 1.82) is 0 Å². The molecule has 3 rings (SSSR count). The van der Waals surface area contributed by atoms with Gasteiger partial charge in [0.05, 0.1) is 18.5 Å². The molecule has 0 bridgehead atoms. The number of halogens is 1. The summed E-state index contributed by atoms with van der Waals surface area (Å²) in [5.74, 6) is 0.226. The van der Waals surface area contributed by atoms with Crippen LogP contribution in [0.3, 0.4) is 0 Å². The molecular weight excluding hydrogens is 366 g/mol. The molecule has 0 saturated heterocycles. The van der Waals surface area contributed by atoms with Crippen molar-refractivity contribution in [3.05, 3.63) is 81.5 Å². The summed E-state index contributed by atoms with van der Waals surface area (Å²) in [5, 5.41) is 16.7. The molecule has 2 aromatic carbocycles. The Balaban J connectivity index is 2.05. The molecule has 1 aromatic heterocycles. The lowest BCUT2D eigenvalue weighted by atomic mass is 10.2. The van der Waals surface area contributed by atoms with E-state index in [1.807, 2.05) is 41.2 Å². The number of rotatable bonds is 5. The zero-order valence-electron chi connectivity index (χ0n) is 14.3. The van der Waals surface area contributed by atoms with E-state index in [1.54, 1.807) is 30.5 Å². The van der Waals surface area contributed by atoms with E-state index in [0.717, 1.165) is 27.2 Å². The van der Waals surface area contributed by atoms with Crippen molar-refractivity contribution in [3.63, 3.8) is 0 Å². The predicted octanol–water partition coefficient (Wildman–Crippen LogP) is 4.93. The van der Waals surface area contributed by atoms with E-state index >= 15 is 0 Å². The molecule has 1 heterocycles. The number of nitrogens with zero attached hydrogens (tertiary/aromatic N) is 3. The monoisotopic (exact) mass is 383 g/mol. The van der Waals surface area contributed by atoms with Gasteiger partial charge in [-0.15, -0.1) is 11.3 Å². The van der Waals surface area contributed by atoms with Crippen LogP contribution >= 0.6 is 22.9 Å². The molecule has 0 saturated carbocycles. The Morgan fingerprint density at radius 1 is 1.19 bits per heavy atom. The standard InChI is InChI=1S/C20H18ClN3OS/c1-14(2)11-22-20-24(23-12-15-3-9-18(25)10-4-15)19(13-26-20)16-5-7-17(21)8-6-16/h3-10,12-13,25H,1,11H2,2H3. The fourth-order valence-corrected chi connectivity index (χ4v) is 3.19. The maximum absolute atomic E-state index is 9.41. The first-order chi connectivity index (χ1) is 12.5. The molecule has 0 amide bonds. The third kappa shape index (κ3) is 4.50. The maximum atomic E-state index is 9.41. The molecule has 0 aliphatic heterocycles. The summed E-state index contributed by atoms with van der Waals surface area (Å²) < 4.78 is 1.81.